The Balaban J connectivity index is 1.54. The van der Waals surface area contributed by atoms with Gasteiger partial charge in [-0.05, 0) is 37.3 Å². The Morgan fingerprint density at radius 3 is 2.63 bits per heavy atom. The molecule has 4 rings (SSSR count). The molecule has 3 aromatic rings. The van der Waals surface area contributed by atoms with Gasteiger partial charge in [0.05, 0.1) is 22.4 Å². The number of carbonyl (C=O) groups excluding carboxylic acids is 3. The van der Waals surface area contributed by atoms with Crippen LogP contribution in [0.4, 0.5) is 0 Å². The number of amides is 2. The summed E-state index contributed by atoms with van der Waals surface area (Å²) in [5.74, 6) is -1.60. The molecule has 1 aliphatic heterocycles. The molecule has 0 saturated heterocycles. The van der Waals surface area contributed by atoms with Gasteiger partial charge >= 0.3 is 5.97 Å². The van der Waals surface area contributed by atoms with E-state index in [0.717, 1.165) is 10.6 Å². The molecule has 0 atom stereocenters. The van der Waals surface area contributed by atoms with Gasteiger partial charge in [0.15, 0.2) is 0 Å². The Hall–Kier alpha value is -4.07. The molecule has 8 nitrogen and oxygen atoms in total. The molecule has 0 radical (unpaired) electrons. The number of rotatable bonds is 5. The Morgan fingerprint density at radius 1 is 1.10 bits per heavy atom. The summed E-state index contributed by atoms with van der Waals surface area (Å²) in [6.07, 6.45) is 1.46. The molecule has 8 heteroatoms. The minimum absolute atomic E-state index is 0.0920. The predicted molar refractivity (Wildman–Crippen MR) is 107 cm³/mol. The molecule has 150 valence electrons. The van der Waals surface area contributed by atoms with Crippen molar-refractivity contribution in [2.45, 2.75) is 13.5 Å². The quantitative estimate of drug-likeness (QED) is 0.368. The molecular weight excluding hydrogens is 386 g/mol. The third-order valence-electron chi connectivity index (χ3n) is 4.80. The second kappa shape index (κ2) is 7.40. The highest BCUT2D eigenvalue weighted by atomic mass is 16.5. The fourth-order valence-electron chi connectivity index (χ4n) is 3.37. The molecule has 30 heavy (non-hydrogen) atoms. The van der Waals surface area contributed by atoms with Gasteiger partial charge in [0.2, 0.25) is 0 Å². The van der Waals surface area contributed by atoms with Crippen molar-refractivity contribution >= 4 is 23.4 Å². The lowest BCUT2D eigenvalue weighted by Gasteiger charge is -2.09. The molecule has 3 heterocycles. The zero-order valence-corrected chi connectivity index (χ0v) is 16.1. The van der Waals surface area contributed by atoms with Crippen LogP contribution in [0.5, 0.6) is 0 Å². The summed E-state index contributed by atoms with van der Waals surface area (Å²) >= 11 is 0. The summed E-state index contributed by atoms with van der Waals surface area (Å²) < 4.78 is 6.73. The third kappa shape index (κ3) is 3.18. The van der Waals surface area contributed by atoms with E-state index < -0.39 is 17.8 Å². The molecule has 0 aliphatic carbocycles. The van der Waals surface area contributed by atoms with Crippen molar-refractivity contribution in [1.82, 2.24) is 14.3 Å². The van der Waals surface area contributed by atoms with Crippen LogP contribution >= 0.6 is 0 Å². The van der Waals surface area contributed by atoms with E-state index in [0.29, 0.717) is 11.3 Å². The Morgan fingerprint density at radius 2 is 1.87 bits per heavy atom. The smallest absolute Gasteiger partial charge is 0.338 e. The Bertz CT molecular complexity index is 1290. The number of aromatic nitrogens is 2. The molecule has 1 aliphatic rings. The first-order valence-corrected chi connectivity index (χ1v) is 9.17. The average Bonchev–Trinajstić information content (AvgIpc) is 2.96. The summed E-state index contributed by atoms with van der Waals surface area (Å²) in [7, 11) is 0. The molecule has 0 unspecified atom stereocenters. The summed E-state index contributed by atoms with van der Waals surface area (Å²) in [5, 5.41) is 0. The predicted octanol–water partition coefficient (Wildman–Crippen LogP) is 2.14. The van der Waals surface area contributed by atoms with Crippen molar-refractivity contribution in [1.29, 1.82) is 0 Å². The first-order valence-electron chi connectivity index (χ1n) is 9.17. The number of carbonyl (C=O) groups is 3. The first-order chi connectivity index (χ1) is 14.4. The summed E-state index contributed by atoms with van der Waals surface area (Å²) in [4.78, 5) is 54.8. The number of nitrogens with zero attached hydrogens (tertiary/aromatic N) is 3. The van der Waals surface area contributed by atoms with E-state index in [-0.39, 0.29) is 35.4 Å². The van der Waals surface area contributed by atoms with E-state index in [1.54, 1.807) is 25.1 Å². The van der Waals surface area contributed by atoms with Crippen LogP contribution < -0.4 is 5.56 Å². The van der Waals surface area contributed by atoms with E-state index in [9.17, 15) is 19.2 Å². The highest BCUT2D eigenvalue weighted by Crippen LogP contribution is 2.24. The lowest BCUT2D eigenvalue weighted by Crippen LogP contribution is -2.29. The standard InChI is InChI=1S/C22H17N3O5/c1-3-9-24-20(27)16-8-7-14(10-17(16)21(24)28)22(29)30-12-15-11-19(26)25-13(2)5-4-6-18(25)23-15/h3-8,10-11H,1,9,12H2,2H3. The normalized spacial score (nSPS) is 12.9. The first kappa shape index (κ1) is 19.3. The van der Waals surface area contributed by atoms with E-state index in [2.05, 4.69) is 11.6 Å². The molecule has 0 fully saturated rings. The molecule has 0 bridgehead atoms. The summed E-state index contributed by atoms with van der Waals surface area (Å²) in [6.45, 7) is 5.22. The molecule has 0 spiro atoms. The zero-order chi connectivity index (χ0) is 21.4. The van der Waals surface area contributed by atoms with Crippen molar-refractivity contribution in [3.8, 4) is 0 Å². The second-order valence-corrected chi connectivity index (χ2v) is 6.79. The molecule has 2 aromatic heterocycles. The number of hydrogen-bond donors (Lipinski definition) is 0. The van der Waals surface area contributed by atoms with Gasteiger partial charge in [0.1, 0.15) is 12.3 Å². The van der Waals surface area contributed by atoms with Gasteiger partial charge in [-0.25, -0.2) is 9.78 Å². The van der Waals surface area contributed by atoms with E-state index in [1.165, 1.54) is 34.7 Å². The number of ether oxygens (including phenoxy) is 1. The van der Waals surface area contributed by atoms with Crippen molar-refractivity contribution in [3.05, 3.63) is 93.6 Å². The van der Waals surface area contributed by atoms with Crippen molar-refractivity contribution < 1.29 is 19.1 Å². The van der Waals surface area contributed by atoms with Gasteiger partial charge in [0, 0.05) is 18.3 Å². The number of aryl methyl sites for hydroxylation is 1. The van der Waals surface area contributed by atoms with Crippen LogP contribution in [0.25, 0.3) is 5.65 Å². The van der Waals surface area contributed by atoms with E-state index >= 15 is 0 Å². The Kier molecular flexibility index (Phi) is 4.75. The van der Waals surface area contributed by atoms with Crippen molar-refractivity contribution in [2.24, 2.45) is 0 Å². The topological polar surface area (TPSA) is 98.1 Å². The van der Waals surface area contributed by atoms with E-state index in [1.807, 2.05) is 0 Å². The van der Waals surface area contributed by atoms with Crippen LogP contribution in [0.15, 0.2) is 59.9 Å². The van der Waals surface area contributed by atoms with Crippen LogP contribution in [0.2, 0.25) is 0 Å². The van der Waals surface area contributed by atoms with Crippen LogP contribution in [0.1, 0.15) is 42.5 Å². The molecule has 0 saturated carbocycles. The minimum atomic E-state index is -0.688. The number of esters is 1. The van der Waals surface area contributed by atoms with Gasteiger partial charge in [-0.3, -0.25) is 23.7 Å². The molecule has 2 amide bonds. The number of fused-ring (bicyclic) bond motifs is 2. The number of hydrogen-bond acceptors (Lipinski definition) is 6. The molecule has 1 aromatic carbocycles. The number of benzene rings is 1. The maximum Gasteiger partial charge on any atom is 0.338 e. The maximum absolute atomic E-state index is 12.5. The van der Waals surface area contributed by atoms with Gasteiger partial charge in [-0.1, -0.05) is 12.1 Å². The average molecular weight is 403 g/mol. The van der Waals surface area contributed by atoms with Gasteiger partial charge < -0.3 is 4.74 Å². The second-order valence-electron chi connectivity index (χ2n) is 6.79. The fourth-order valence-corrected chi connectivity index (χ4v) is 3.37. The highest BCUT2D eigenvalue weighted by molar-refractivity contribution is 6.22. The van der Waals surface area contributed by atoms with Gasteiger partial charge in [-0.15, -0.1) is 6.58 Å². The van der Waals surface area contributed by atoms with Gasteiger partial charge in [0.25, 0.3) is 17.4 Å². The Labute approximate surface area is 171 Å². The summed E-state index contributed by atoms with van der Waals surface area (Å²) in [6, 6.07) is 10.8. The van der Waals surface area contributed by atoms with Crippen LogP contribution in [0, 0.1) is 6.92 Å². The van der Waals surface area contributed by atoms with Crippen LogP contribution in [-0.4, -0.2) is 38.6 Å². The molecular formula is C22H17N3O5. The lowest BCUT2D eigenvalue weighted by molar-refractivity contribution is 0.0467. The fraction of sp³-hybridized carbons (Fsp3) is 0.136. The number of imide groups is 1. The number of pyridine rings is 1. The monoisotopic (exact) mass is 403 g/mol. The highest BCUT2D eigenvalue weighted by Gasteiger charge is 2.35. The largest absolute Gasteiger partial charge is 0.456 e. The van der Waals surface area contributed by atoms with E-state index in [4.69, 9.17) is 4.74 Å². The zero-order valence-electron chi connectivity index (χ0n) is 16.1. The van der Waals surface area contributed by atoms with Crippen LogP contribution in [-0.2, 0) is 11.3 Å². The van der Waals surface area contributed by atoms with Gasteiger partial charge in [-0.2, -0.15) is 0 Å². The van der Waals surface area contributed by atoms with Crippen LogP contribution in [0.3, 0.4) is 0 Å². The molecule has 0 N–H and O–H groups in total. The minimum Gasteiger partial charge on any atom is -0.456 e. The van der Waals surface area contributed by atoms with Crippen molar-refractivity contribution in [3.63, 3.8) is 0 Å². The maximum atomic E-state index is 12.5. The third-order valence-corrected chi connectivity index (χ3v) is 4.80. The van der Waals surface area contributed by atoms with Crippen molar-refractivity contribution in [2.75, 3.05) is 6.54 Å². The lowest BCUT2D eigenvalue weighted by atomic mass is 10.1. The SMILES string of the molecule is C=CCN1C(=O)c2ccc(C(=O)OCc3cc(=O)n4c(C)cccc4n3)cc2C1=O. The summed E-state index contributed by atoms with van der Waals surface area (Å²) in [5.41, 5.74) is 1.75.